The average molecular weight is 378 g/mol. The van der Waals surface area contributed by atoms with Crippen LogP contribution < -0.4 is 5.32 Å². The minimum atomic E-state index is -4.77. The van der Waals surface area contributed by atoms with Gasteiger partial charge in [0.1, 0.15) is 11.5 Å². The molecule has 0 amide bonds. The maximum Gasteiger partial charge on any atom is 0.397 e. The van der Waals surface area contributed by atoms with Gasteiger partial charge in [-0.2, -0.15) is 13.2 Å². The number of hydrogen-bond donors (Lipinski definition) is 1. The molecule has 1 heterocycles. The molecule has 1 fully saturated rings. The SMILES string of the molecule is CC[C@]1(C(F)(F)F)[C@@H](C(=O)OC)N[C@@H](C)[C@@H]1C(=O)c1ccc(Cl)cc1. The van der Waals surface area contributed by atoms with E-state index in [1.807, 2.05) is 0 Å². The van der Waals surface area contributed by atoms with E-state index in [1.54, 1.807) is 0 Å². The van der Waals surface area contributed by atoms with Crippen molar-refractivity contribution in [2.45, 2.75) is 38.5 Å². The molecule has 4 nitrogen and oxygen atoms in total. The maximum absolute atomic E-state index is 14.1. The molecule has 0 aromatic heterocycles. The lowest BCUT2D eigenvalue weighted by molar-refractivity contribution is -0.240. The first kappa shape index (κ1) is 19.7. The second-order valence-corrected chi connectivity index (χ2v) is 6.59. The number of rotatable bonds is 4. The predicted octanol–water partition coefficient (Wildman–Crippen LogP) is 3.63. The van der Waals surface area contributed by atoms with Crippen molar-refractivity contribution in [3.05, 3.63) is 34.9 Å². The molecule has 25 heavy (non-hydrogen) atoms. The van der Waals surface area contributed by atoms with Crippen LogP contribution in [0.1, 0.15) is 30.6 Å². The van der Waals surface area contributed by atoms with Crippen LogP contribution in [0.15, 0.2) is 24.3 Å². The highest BCUT2D eigenvalue weighted by molar-refractivity contribution is 6.30. The molecule has 8 heteroatoms. The summed E-state index contributed by atoms with van der Waals surface area (Å²) in [5.41, 5.74) is -2.42. The summed E-state index contributed by atoms with van der Waals surface area (Å²) in [6.07, 6.45) is -5.21. The van der Waals surface area contributed by atoms with Crippen LogP contribution >= 0.6 is 11.6 Å². The first-order chi connectivity index (χ1) is 11.6. The molecule has 1 saturated heterocycles. The van der Waals surface area contributed by atoms with Crippen LogP contribution in [-0.2, 0) is 9.53 Å². The number of benzene rings is 1. The van der Waals surface area contributed by atoms with Crippen molar-refractivity contribution in [3.8, 4) is 0 Å². The molecule has 1 aromatic carbocycles. The predicted molar refractivity (Wildman–Crippen MR) is 86.5 cm³/mol. The zero-order valence-corrected chi connectivity index (χ0v) is 14.7. The lowest BCUT2D eigenvalue weighted by Gasteiger charge is -2.39. The van der Waals surface area contributed by atoms with E-state index in [2.05, 4.69) is 10.1 Å². The number of nitrogens with one attached hydrogen (secondary N) is 1. The number of carbonyl (C=O) groups excluding carboxylic acids is 2. The van der Waals surface area contributed by atoms with Crippen molar-refractivity contribution in [2.24, 2.45) is 11.3 Å². The molecule has 0 radical (unpaired) electrons. The molecule has 4 atom stereocenters. The quantitative estimate of drug-likeness (QED) is 0.643. The maximum atomic E-state index is 14.1. The van der Waals surface area contributed by atoms with Crippen molar-refractivity contribution < 1.29 is 27.5 Å². The monoisotopic (exact) mass is 377 g/mol. The highest BCUT2D eigenvalue weighted by Gasteiger charge is 2.71. The van der Waals surface area contributed by atoms with Crippen molar-refractivity contribution in [1.29, 1.82) is 0 Å². The van der Waals surface area contributed by atoms with Crippen molar-refractivity contribution in [3.63, 3.8) is 0 Å². The van der Waals surface area contributed by atoms with Gasteiger partial charge in [-0.3, -0.25) is 9.59 Å². The van der Waals surface area contributed by atoms with E-state index >= 15 is 0 Å². The fourth-order valence-corrected chi connectivity index (χ4v) is 3.87. The molecule has 1 N–H and O–H groups in total. The smallest absolute Gasteiger partial charge is 0.397 e. The standard InChI is InChI=1S/C17H19ClF3NO3/c1-4-16(17(19,20)21)12(9(2)22-14(16)15(24)25-3)13(23)10-5-7-11(18)8-6-10/h5-9,12,14,22H,4H2,1-3H3/t9-,12+,14+,16+/m0/s1. The third-order valence-electron chi connectivity index (χ3n) is 4.96. The van der Waals surface area contributed by atoms with Gasteiger partial charge in [0, 0.05) is 16.6 Å². The second kappa shape index (κ2) is 6.96. The van der Waals surface area contributed by atoms with Crippen LogP contribution in [0.5, 0.6) is 0 Å². The Bertz CT molecular complexity index is 662. The van der Waals surface area contributed by atoms with Gasteiger partial charge in [0.05, 0.1) is 13.0 Å². The molecule has 1 aromatic rings. The Morgan fingerprint density at radius 3 is 2.28 bits per heavy atom. The second-order valence-electron chi connectivity index (χ2n) is 6.15. The van der Waals surface area contributed by atoms with E-state index < -0.39 is 47.8 Å². The van der Waals surface area contributed by atoms with Gasteiger partial charge in [0.2, 0.25) is 0 Å². The Balaban J connectivity index is 2.58. The molecule has 1 aliphatic rings. The van der Waals surface area contributed by atoms with Crippen molar-refractivity contribution in [1.82, 2.24) is 5.32 Å². The lowest BCUT2D eigenvalue weighted by Crippen LogP contribution is -2.55. The molecular weight excluding hydrogens is 359 g/mol. The third kappa shape index (κ3) is 3.15. The number of Topliss-reactive ketones (excluding diaryl/α,β-unsaturated/α-hetero) is 1. The number of esters is 1. The van der Waals surface area contributed by atoms with Crippen LogP contribution in [0.25, 0.3) is 0 Å². The third-order valence-corrected chi connectivity index (χ3v) is 5.21. The van der Waals surface area contributed by atoms with Crippen molar-refractivity contribution in [2.75, 3.05) is 7.11 Å². The average Bonchev–Trinajstić information content (AvgIpc) is 2.87. The Morgan fingerprint density at radius 2 is 1.84 bits per heavy atom. The topological polar surface area (TPSA) is 55.4 Å². The molecule has 1 aliphatic heterocycles. The van der Waals surface area contributed by atoms with Gasteiger partial charge < -0.3 is 10.1 Å². The zero-order chi connectivity index (χ0) is 19.0. The normalized spacial score (nSPS) is 29.5. The molecule has 0 spiro atoms. The van der Waals surface area contributed by atoms with Gasteiger partial charge >= 0.3 is 12.1 Å². The zero-order valence-electron chi connectivity index (χ0n) is 14.0. The number of carbonyl (C=O) groups is 2. The molecule has 0 saturated carbocycles. The molecular formula is C17H19ClF3NO3. The van der Waals surface area contributed by atoms with E-state index in [0.29, 0.717) is 5.02 Å². The van der Waals surface area contributed by atoms with E-state index in [-0.39, 0.29) is 5.56 Å². The summed E-state index contributed by atoms with van der Waals surface area (Å²) in [6.45, 7) is 2.79. The minimum Gasteiger partial charge on any atom is -0.468 e. The van der Waals surface area contributed by atoms with Gasteiger partial charge in [0.15, 0.2) is 5.78 Å². The van der Waals surface area contributed by atoms with Gasteiger partial charge in [-0.15, -0.1) is 0 Å². The highest BCUT2D eigenvalue weighted by Crippen LogP contribution is 2.55. The molecule has 0 aliphatic carbocycles. The first-order valence-corrected chi connectivity index (χ1v) is 8.18. The van der Waals surface area contributed by atoms with Gasteiger partial charge in [-0.25, -0.2) is 0 Å². The van der Waals surface area contributed by atoms with Crippen LogP contribution in [0.3, 0.4) is 0 Å². The summed E-state index contributed by atoms with van der Waals surface area (Å²) in [5.74, 6) is -3.16. The summed E-state index contributed by atoms with van der Waals surface area (Å²) in [4.78, 5) is 24.9. The summed E-state index contributed by atoms with van der Waals surface area (Å²) in [7, 11) is 1.03. The number of ether oxygens (including phenoxy) is 1. The van der Waals surface area contributed by atoms with Crippen LogP contribution in [-0.4, -0.2) is 37.1 Å². The van der Waals surface area contributed by atoms with Gasteiger partial charge in [-0.05, 0) is 37.6 Å². The van der Waals surface area contributed by atoms with Gasteiger partial charge in [-0.1, -0.05) is 18.5 Å². The number of ketones is 1. The van der Waals surface area contributed by atoms with Crippen LogP contribution in [0, 0.1) is 11.3 Å². The van der Waals surface area contributed by atoms with Crippen molar-refractivity contribution >= 4 is 23.4 Å². The number of halogens is 4. The fraction of sp³-hybridized carbons (Fsp3) is 0.529. The molecule has 2 rings (SSSR count). The lowest BCUT2D eigenvalue weighted by atomic mass is 9.66. The Hall–Kier alpha value is -1.60. The molecule has 0 bridgehead atoms. The van der Waals surface area contributed by atoms with Crippen LogP contribution in [0.4, 0.5) is 13.2 Å². The Labute approximate surface area is 148 Å². The highest BCUT2D eigenvalue weighted by atomic mass is 35.5. The van der Waals surface area contributed by atoms with E-state index in [4.69, 9.17) is 11.6 Å². The number of alkyl halides is 3. The van der Waals surface area contributed by atoms with E-state index in [0.717, 1.165) is 7.11 Å². The van der Waals surface area contributed by atoms with E-state index in [1.165, 1.54) is 38.1 Å². The molecule has 138 valence electrons. The van der Waals surface area contributed by atoms with E-state index in [9.17, 15) is 22.8 Å². The minimum absolute atomic E-state index is 0.121. The Morgan fingerprint density at radius 1 is 1.28 bits per heavy atom. The summed E-state index contributed by atoms with van der Waals surface area (Å²) < 4.78 is 46.9. The Kier molecular flexibility index (Phi) is 5.49. The van der Waals surface area contributed by atoms with Crippen LogP contribution in [0.2, 0.25) is 5.02 Å². The molecule has 0 unspecified atom stereocenters. The summed E-state index contributed by atoms with van der Waals surface area (Å²) >= 11 is 5.78. The summed E-state index contributed by atoms with van der Waals surface area (Å²) in [5, 5.41) is 3.00. The largest absolute Gasteiger partial charge is 0.468 e. The van der Waals surface area contributed by atoms with Gasteiger partial charge in [0.25, 0.3) is 0 Å². The number of hydrogen-bond acceptors (Lipinski definition) is 4. The first-order valence-electron chi connectivity index (χ1n) is 7.80. The fourth-order valence-electron chi connectivity index (χ4n) is 3.75. The number of methoxy groups -OCH3 is 1. The summed E-state index contributed by atoms with van der Waals surface area (Å²) in [6, 6.07) is 3.17.